The predicted octanol–water partition coefficient (Wildman–Crippen LogP) is 8.03. The Balaban J connectivity index is 1.92. The number of nitrogens with zero attached hydrogens (tertiary/aromatic N) is 1. The van der Waals surface area contributed by atoms with Gasteiger partial charge in [-0.25, -0.2) is 0 Å². The monoisotopic (exact) mass is 379 g/mol. The van der Waals surface area contributed by atoms with Crippen LogP contribution in [0.2, 0.25) is 0 Å². The minimum absolute atomic E-state index is 1.03. The maximum Gasteiger partial charge on any atom is 0.0688 e. The Labute approximate surface area is 174 Å². The Bertz CT molecular complexity index is 1200. The first-order valence-corrected chi connectivity index (χ1v) is 10.4. The molecule has 0 aliphatic heterocycles. The zero-order valence-electron chi connectivity index (χ0n) is 18.4. The summed E-state index contributed by atoms with van der Waals surface area (Å²) in [6, 6.07) is 17.6. The van der Waals surface area contributed by atoms with Crippen molar-refractivity contribution in [3.63, 3.8) is 0 Å². The highest BCUT2D eigenvalue weighted by atomic mass is 14.7. The lowest BCUT2D eigenvalue weighted by Crippen LogP contribution is -1.96. The normalized spacial score (nSPS) is 14.7. The molecule has 0 unspecified atom stereocenters. The van der Waals surface area contributed by atoms with Gasteiger partial charge in [0.15, 0.2) is 0 Å². The number of fused-ring (bicyclic) bond motifs is 1. The average molecular weight is 380 g/mol. The van der Waals surface area contributed by atoms with Gasteiger partial charge in [-0.3, -0.25) is 4.99 Å². The molecule has 0 amide bonds. The zero-order valence-corrected chi connectivity index (χ0v) is 18.4. The first-order valence-electron chi connectivity index (χ1n) is 10.4. The molecule has 1 heteroatoms. The highest BCUT2D eigenvalue weighted by molar-refractivity contribution is 6.06. The van der Waals surface area contributed by atoms with E-state index in [2.05, 4.69) is 96.3 Å². The van der Waals surface area contributed by atoms with Crippen LogP contribution in [0.1, 0.15) is 55.0 Å². The molecule has 0 fully saturated rings. The summed E-state index contributed by atoms with van der Waals surface area (Å²) in [5.41, 5.74) is 13.1. The molecule has 0 N–H and O–H groups in total. The summed E-state index contributed by atoms with van der Waals surface area (Å²) in [5.74, 6) is 0. The van der Waals surface area contributed by atoms with E-state index >= 15 is 0 Å². The molecule has 0 spiro atoms. The predicted molar refractivity (Wildman–Crippen MR) is 127 cm³/mol. The van der Waals surface area contributed by atoms with Gasteiger partial charge in [-0.1, -0.05) is 59.7 Å². The lowest BCUT2D eigenvalue weighted by atomic mass is 9.92. The molecule has 4 rings (SSSR count). The number of hydrogen-bond donors (Lipinski definition) is 0. The van der Waals surface area contributed by atoms with Gasteiger partial charge in [-0.15, -0.1) is 0 Å². The molecule has 0 aromatic heterocycles. The highest BCUT2D eigenvalue weighted by Crippen LogP contribution is 2.40. The van der Waals surface area contributed by atoms with E-state index in [4.69, 9.17) is 4.99 Å². The molecule has 3 aromatic carbocycles. The Morgan fingerprint density at radius 3 is 2.14 bits per heavy atom. The summed E-state index contributed by atoms with van der Waals surface area (Å²) in [6.45, 7) is 13.2. The van der Waals surface area contributed by atoms with Crippen LogP contribution in [-0.4, -0.2) is 6.21 Å². The molecule has 0 saturated carbocycles. The van der Waals surface area contributed by atoms with Crippen LogP contribution in [-0.2, 0) is 0 Å². The van der Waals surface area contributed by atoms with E-state index in [0.29, 0.717) is 0 Å². The fourth-order valence-electron chi connectivity index (χ4n) is 4.58. The lowest BCUT2D eigenvalue weighted by molar-refractivity contribution is 1.22. The molecular weight excluding hydrogens is 350 g/mol. The van der Waals surface area contributed by atoms with Crippen molar-refractivity contribution < 1.29 is 0 Å². The van der Waals surface area contributed by atoms with Crippen LogP contribution in [0.25, 0.3) is 16.3 Å². The standard InChI is InChI=1S/C28H29N/c1-17-13-19(3)28(20(4)14-17)29-16-27-24-10-8-7-9-23(24)11-12-25(27)26-15-18(2)21(5)22(26)6/h7-14,16H,15H2,1-6H3/b29-16+. The number of rotatable bonds is 3. The van der Waals surface area contributed by atoms with Crippen LogP contribution < -0.4 is 0 Å². The number of allylic oxidation sites excluding steroid dienone is 4. The second kappa shape index (κ2) is 7.48. The van der Waals surface area contributed by atoms with E-state index in [1.807, 2.05) is 0 Å². The van der Waals surface area contributed by atoms with Crippen molar-refractivity contribution in [2.24, 2.45) is 4.99 Å². The molecule has 29 heavy (non-hydrogen) atoms. The molecule has 0 radical (unpaired) electrons. The molecule has 0 atom stereocenters. The third-order valence-electron chi connectivity index (χ3n) is 6.35. The van der Waals surface area contributed by atoms with Crippen LogP contribution >= 0.6 is 0 Å². The molecular formula is C28H29N. The van der Waals surface area contributed by atoms with E-state index in [0.717, 1.165) is 12.1 Å². The number of aliphatic imine (C=N–C) groups is 1. The van der Waals surface area contributed by atoms with Crippen molar-refractivity contribution in [1.29, 1.82) is 0 Å². The quantitative estimate of drug-likeness (QED) is 0.408. The van der Waals surface area contributed by atoms with Crippen LogP contribution in [0.4, 0.5) is 5.69 Å². The Kier molecular flexibility index (Phi) is 5.00. The van der Waals surface area contributed by atoms with E-state index in [-0.39, 0.29) is 0 Å². The largest absolute Gasteiger partial charge is 0.256 e. The fourth-order valence-corrected chi connectivity index (χ4v) is 4.58. The van der Waals surface area contributed by atoms with Crippen molar-refractivity contribution in [3.8, 4) is 0 Å². The number of aryl methyl sites for hydroxylation is 3. The molecule has 0 heterocycles. The minimum Gasteiger partial charge on any atom is -0.256 e. The first-order chi connectivity index (χ1) is 13.9. The molecule has 0 saturated heterocycles. The summed E-state index contributed by atoms with van der Waals surface area (Å²) in [6.07, 6.45) is 3.12. The van der Waals surface area contributed by atoms with E-state index in [1.54, 1.807) is 0 Å². The van der Waals surface area contributed by atoms with Crippen molar-refractivity contribution in [2.75, 3.05) is 0 Å². The van der Waals surface area contributed by atoms with Crippen molar-refractivity contribution >= 4 is 28.2 Å². The smallest absolute Gasteiger partial charge is 0.0688 e. The van der Waals surface area contributed by atoms with Gasteiger partial charge in [-0.2, -0.15) is 0 Å². The minimum atomic E-state index is 1.03. The third kappa shape index (κ3) is 3.46. The van der Waals surface area contributed by atoms with Gasteiger partial charge in [0.25, 0.3) is 0 Å². The lowest BCUT2D eigenvalue weighted by Gasteiger charge is -2.13. The van der Waals surface area contributed by atoms with Crippen LogP contribution in [0, 0.1) is 20.8 Å². The Morgan fingerprint density at radius 2 is 1.48 bits per heavy atom. The fraction of sp³-hybridized carbons (Fsp3) is 0.250. The van der Waals surface area contributed by atoms with Gasteiger partial charge in [0.2, 0.25) is 0 Å². The Morgan fingerprint density at radius 1 is 0.793 bits per heavy atom. The summed E-state index contributed by atoms with van der Waals surface area (Å²) >= 11 is 0. The maximum atomic E-state index is 5.00. The summed E-state index contributed by atoms with van der Waals surface area (Å²) < 4.78 is 0. The topological polar surface area (TPSA) is 12.4 Å². The maximum absolute atomic E-state index is 5.00. The molecule has 146 valence electrons. The van der Waals surface area contributed by atoms with Gasteiger partial charge >= 0.3 is 0 Å². The second-order valence-corrected chi connectivity index (χ2v) is 8.44. The van der Waals surface area contributed by atoms with Crippen molar-refractivity contribution in [3.05, 3.63) is 93.1 Å². The Hall–Kier alpha value is -2.93. The summed E-state index contributed by atoms with van der Waals surface area (Å²) in [4.78, 5) is 5.00. The van der Waals surface area contributed by atoms with Crippen LogP contribution in [0.15, 0.2) is 70.2 Å². The number of benzene rings is 3. The van der Waals surface area contributed by atoms with Gasteiger partial charge in [0.1, 0.15) is 0 Å². The van der Waals surface area contributed by atoms with Crippen molar-refractivity contribution in [1.82, 2.24) is 0 Å². The molecule has 1 aliphatic rings. The van der Waals surface area contributed by atoms with E-state index < -0.39 is 0 Å². The highest BCUT2D eigenvalue weighted by Gasteiger charge is 2.20. The third-order valence-corrected chi connectivity index (χ3v) is 6.35. The van der Waals surface area contributed by atoms with Gasteiger partial charge in [0, 0.05) is 11.8 Å². The van der Waals surface area contributed by atoms with Crippen molar-refractivity contribution in [2.45, 2.75) is 48.0 Å². The van der Waals surface area contributed by atoms with E-state index in [1.165, 1.54) is 60.9 Å². The van der Waals surface area contributed by atoms with Gasteiger partial charge in [0.05, 0.1) is 5.69 Å². The molecule has 1 nitrogen and oxygen atoms in total. The van der Waals surface area contributed by atoms with Gasteiger partial charge < -0.3 is 0 Å². The molecule has 3 aromatic rings. The van der Waals surface area contributed by atoms with Gasteiger partial charge in [-0.05, 0) is 92.1 Å². The van der Waals surface area contributed by atoms with Crippen LogP contribution in [0.3, 0.4) is 0 Å². The van der Waals surface area contributed by atoms with E-state index in [9.17, 15) is 0 Å². The summed E-state index contributed by atoms with van der Waals surface area (Å²) in [5, 5.41) is 2.52. The zero-order chi connectivity index (χ0) is 20.7. The summed E-state index contributed by atoms with van der Waals surface area (Å²) in [7, 11) is 0. The second-order valence-electron chi connectivity index (χ2n) is 8.44. The first kappa shape index (κ1) is 19.4. The van der Waals surface area contributed by atoms with Crippen LogP contribution in [0.5, 0.6) is 0 Å². The average Bonchev–Trinajstić information content (AvgIpc) is 2.94. The molecule has 1 aliphatic carbocycles. The SMILES string of the molecule is CC1=C(C)C(C)=C(c2ccc3ccccc3c2/C=N/c2c(C)cc(C)cc2C)C1. The number of hydrogen-bond acceptors (Lipinski definition) is 1. The molecule has 0 bridgehead atoms.